The minimum atomic E-state index is 0.348. The predicted octanol–water partition coefficient (Wildman–Crippen LogP) is 4.41. The molecular formula is C17H30N4. The Hall–Kier alpha value is -1.32. The lowest BCUT2D eigenvalue weighted by Crippen LogP contribution is -2.26. The van der Waals surface area contributed by atoms with Crippen LogP contribution in [0.1, 0.15) is 71.5 Å². The fourth-order valence-electron chi connectivity index (χ4n) is 2.76. The van der Waals surface area contributed by atoms with Crippen molar-refractivity contribution in [3.63, 3.8) is 0 Å². The van der Waals surface area contributed by atoms with E-state index in [-0.39, 0.29) is 0 Å². The van der Waals surface area contributed by atoms with E-state index in [1.807, 2.05) is 0 Å². The van der Waals surface area contributed by atoms with Gasteiger partial charge in [-0.05, 0) is 38.0 Å². The molecule has 1 heterocycles. The second kappa shape index (κ2) is 7.62. The Morgan fingerprint density at radius 2 is 1.81 bits per heavy atom. The van der Waals surface area contributed by atoms with Crippen molar-refractivity contribution < 1.29 is 0 Å². The van der Waals surface area contributed by atoms with Crippen molar-refractivity contribution in [2.24, 2.45) is 5.92 Å². The Balaban J connectivity index is 2.07. The monoisotopic (exact) mass is 290 g/mol. The summed E-state index contributed by atoms with van der Waals surface area (Å²) in [4.78, 5) is 9.31. The van der Waals surface area contributed by atoms with E-state index < -0.39 is 0 Å². The molecule has 0 radical (unpaired) electrons. The first kappa shape index (κ1) is 16.1. The number of nitrogens with one attached hydrogen (secondary N) is 2. The van der Waals surface area contributed by atoms with Crippen molar-refractivity contribution in [3.05, 3.63) is 11.9 Å². The van der Waals surface area contributed by atoms with Crippen molar-refractivity contribution in [3.8, 4) is 0 Å². The van der Waals surface area contributed by atoms with Crippen molar-refractivity contribution in [1.82, 2.24) is 9.97 Å². The van der Waals surface area contributed by atoms with Crippen LogP contribution in [0.25, 0.3) is 0 Å². The standard InChI is InChI=1S/C17H30N4/c1-5-10-18-15-11-16(21-17(20-15)12(2)3)19-14-8-6-13(4)7-9-14/h11-14H,5-10H2,1-4H3,(H2,18,19,20,21). The van der Waals surface area contributed by atoms with E-state index in [1.165, 1.54) is 25.7 Å². The topological polar surface area (TPSA) is 49.8 Å². The highest BCUT2D eigenvalue weighted by Crippen LogP contribution is 2.26. The van der Waals surface area contributed by atoms with E-state index >= 15 is 0 Å². The molecule has 0 unspecified atom stereocenters. The molecule has 0 aromatic carbocycles. The van der Waals surface area contributed by atoms with Gasteiger partial charge in [-0.2, -0.15) is 0 Å². The lowest BCUT2D eigenvalue weighted by molar-refractivity contribution is 0.360. The quantitative estimate of drug-likeness (QED) is 0.814. The third kappa shape index (κ3) is 4.87. The van der Waals surface area contributed by atoms with Gasteiger partial charge < -0.3 is 10.6 Å². The van der Waals surface area contributed by atoms with Crippen molar-refractivity contribution >= 4 is 11.6 Å². The third-order valence-corrected chi connectivity index (χ3v) is 4.18. The number of hydrogen-bond donors (Lipinski definition) is 2. The van der Waals surface area contributed by atoms with Crippen LogP contribution in [0, 0.1) is 5.92 Å². The smallest absolute Gasteiger partial charge is 0.135 e. The third-order valence-electron chi connectivity index (χ3n) is 4.18. The highest BCUT2D eigenvalue weighted by molar-refractivity contribution is 5.48. The van der Waals surface area contributed by atoms with Crippen molar-refractivity contribution in [2.75, 3.05) is 17.2 Å². The highest BCUT2D eigenvalue weighted by Gasteiger charge is 2.19. The molecule has 0 aliphatic heterocycles. The summed E-state index contributed by atoms with van der Waals surface area (Å²) in [5.74, 6) is 4.07. The van der Waals surface area contributed by atoms with E-state index in [1.54, 1.807) is 0 Å². The van der Waals surface area contributed by atoms with Gasteiger partial charge in [0.1, 0.15) is 17.5 Å². The second-order valence-corrected chi connectivity index (χ2v) is 6.68. The molecule has 21 heavy (non-hydrogen) atoms. The number of hydrogen-bond acceptors (Lipinski definition) is 4. The van der Waals surface area contributed by atoms with Gasteiger partial charge in [0.05, 0.1) is 0 Å². The van der Waals surface area contributed by atoms with Gasteiger partial charge in [0, 0.05) is 24.6 Å². The van der Waals surface area contributed by atoms with E-state index in [4.69, 9.17) is 4.98 Å². The van der Waals surface area contributed by atoms with Crippen LogP contribution in [-0.4, -0.2) is 22.6 Å². The van der Waals surface area contributed by atoms with Gasteiger partial charge in [0.2, 0.25) is 0 Å². The molecule has 0 bridgehead atoms. The molecule has 1 aromatic rings. The first-order valence-corrected chi connectivity index (χ1v) is 8.47. The van der Waals surface area contributed by atoms with Crippen LogP contribution in [-0.2, 0) is 0 Å². The van der Waals surface area contributed by atoms with Crippen molar-refractivity contribution in [1.29, 1.82) is 0 Å². The Morgan fingerprint density at radius 1 is 1.14 bits per heavy atom. The average molecular weight is 290 g/mol. The number of nitrogens with zero attached hydrogens (tertiary/aromatic N) is 2. The number of anilines is 2. The summed E-state index contributed by atoms with van der Waals surface area (Å²) in [6.45, 7) is 9.76. The summed E-state index contributed by atoms with van der Waals surface area (Å²) in [5.41, 5.74) is 0. The molecule has 4 nitrogen and oxygen atoms in total. The zero-order valence-electron chi connectivity index (χ0n) is 13.9. The molecular weight excluding hydrogens is 260 g/mol. The van der Waals surface area contributed by atoms with Gasteiger partial charge in [-0.1, -0.05) is 27.7 Å². The fourth-order valence-corrected chi connectivity index (χ4v) is 2.76. The summed E-state index contributed by atoms with van der Waals surface area (Å²) in [7, 11) is 0. The Bertz CT molecular complexity index is 436. The molecule has 1 aromatic heterocycles. The van der Waals surface area contributed by atoms with Crippen LogP contribution >= 0.6 is 0 Å². The molecule has 0 spiro atoms. The van der Waals surface area contributed by atoms with Crippen LogP contribution in [0.15, 0.2) is 6.07 Å². The van der Waals surface area contributed by atoms with E-state index in [9.17, 15) is 0 Å². The second-order valence-electron chi connectivity index (χ2n) is 6.68. The SMILES string of the molecule is CCCNc1cc(NC2CCC(C)CC2)nc(C(C)C)n1. The first-order valence-electron chi connectivity index (χ1n) is 8.47. The number of rotatable bonds is 6. The Labute approximate surface area is 129 Å². The lowest BCUT2D eigenvalue weighted by Gasteiger charge is -2.27. The minimum absolute atomic E-state index is 0.348. The molecule has 0 atom stereocenters. The predicted molar refractivity (Wildman–Crippen MR) is 89.9 cm³/mol. The first-order chi connectivity index (χ1) is 10.1. The average Bonchev–Trinajstić information content (AvgIpc) is 2.47. The summed E-state index contributed by atoms with van der Waals surface area (Å²) in [5, 5.41) is 7.01. The largest absolute Gasteiger partial charge is 0.370 e. The van der Waals surface area contributed by atoms with Gasteiger partial charge >= 0.3 is 0 Å². The van der Waals surface area contributed by atoms with E-state index in [0.29, 0.717) is 12.0 Å². The summed E-state index contributed by atoms with van der Waals surface area (Å²) < 4.78 is 0. The maximum absolute atomic E-state index is 4.69. The van der Waals surface area contributed by atoms with Gasteiger partial charge in [-0.3, -0.25) is 0 Å². The van der Waals surface area contributed by atoms with Crippen LogP contribution < -0.4 is 10.6 Å². The minimum Gasteiger partial charge on any atom is -0.370 e. The summed E-state index contributed by atoms with van der Waals surface area (Å²) in [6, 6.07) is 2.62. The number of aromatic nitrogens is 2. The summed E-state index contributed by atoms with van der Waals surface area (Å²) in [6.07, 6.45) is 6.24. The van der Waals surface area contributed by atoms with Crippen LogP contribution in [0.4, 0.5) is 11.6 Å². The molecule has 118 valence electrons. The van der Waals surface area contributed by atoms with Crippen molar-refractivity contribution in [2.45, 2.75) is 71.8 Å². The highest BCUT2D eigenvalue weighted by atomic mass is 15.1. The zero-order chi connectivity index (χ0) is 15.2. The van der Waals surface area contributed by atoms with Crippen LogP contribution in [0.2, 0.25) is 0 Å². The Morgan fingerprint density at radius 3 is 2.43 bits per heavy atom. The maximum Gasteiger partial charge on any atom is 0.135 e. The van der Waals surface area contributed by atoms with Gasteiger partial charge in [0.15, 0.2) is 0 Å². The molecule has 1 aliphatic rings. The van der Waals surface area contributed by atoms with Gasteiger partial charge in [-0.25, -0.2) is 9.97 Å². The van der Waals surface area contributed by atoms with Gasteiger partial charge in [-0.15, -0.1) is 0 Å². The molecule has 4 heteroatoms. The maximum atomic E-state index is 4.69. The van der Waals surface area contributed by atoms with Crippen LogP contribution in [0.5, 0.6) is 0 Å². The molecule has 1 aliphatic carbocycles. The van der Waals surface area contributed by atoms with Crippen LogP contribution in [0.3, 0.4) is 0 Å². The molecule has 2 N–H and O–H groups in total. The molecule has 0 amide bonds. The fraction of sp³-hybridized carbons (Fsp3) is 0.765. The summed E-state index contributed by atoms with van der Waals surface area (Å²) >= 11 is 0. The molecule has 1 fully saturated rings. The lowest BCUT2D eigenvalue weighted by atomic mass is 9.87. The van der Waals surface area contributed by atoms with Gasteiger partial charge in [0.25, 0.3) is 0 Å². The Kier molecular flexibility index (Phi) is 5.83. The molecule has 2 rings (SSSR count). The molecule has 0 saturated heterocycles. The molecule has 1 saturated carbocycles. The normalized spacial score (nSPS) is 22.3. The zero-order valence-corrected chi connectivity index (χ0v) is 13.9. The van der Waals surface area contributed by atoms with E-state index in [0.717, 1.165) is 36.3 Å². The van der Waals surface area contributed by atoms with E-state index in [2.05, 4.69) is 49.4 Å².